The van der Waals surface area contributed by atoms with Crippen LogP contribution in [0.3, 0.4) is 0 Å². The van der Waals surface area contributed by atoms with Gasteiger partial charge in [0.1, 0.15) is 0 Å². The van der Waals surface area contributed by atoms with Crippen molar-refractivity contribution in [3.05, 3.63) is 65.0 Å². The Bertz CT molecular complexity index is 1110. The molecular formula is C23H26N4O5. The minimum atomic E-state index is -0.540. The maximum Gasteiger partial charge on any atom is 0.273 e. The number of ether oxygens (including phenoxy) is 3. The quantitative estimate of drug-likeness (QED) is 0.550. The lowest BCUT2D eigenvalue weighted by Crippen LogP contribution is -2.41. The Kier molecular flexibility index (Phi) is 6.99. The Hall–Kier alpha value is -4.01. The van der Waals surface area contributed by atoms with Crippen molar-refractivity contribution >= 4 is 11.8 Å². The molecule has 0 aliphatic heterocycles. The van der Waals surface area contributed by atoms with Crippen LogP contribution in [0.25, 0.3) is 5.69 Å². The van der Waals surface area contributed by atoms with E-state index in [2.05, 4.69) is 16.0 Å². The molecule has 3 aromatic rings. The van der Waals surface area contributed by atoms with Crippen LogP contribution in [0.2, 0.25) is 0 Å². The molecule has 32 heavy (non-hydrogen) atoms. The number of carbonyl (C=O) groups is 2. The minimum Gasteiger partial charge on any atom is -0.493 e. The average molecular weight is 438 g/mol. The molecule has 2 aromatic carbocycles. The number of hydrogen-bond acceptors (Lipinski definition) is 6. The van der Waals surface area contributed by atoms with Crippen molar-refractivity contribution in [2.24, 2.45) is 0 Å². The standard InChI is InChI=1S/C23H26N4O5/c1-6-18-17(13-24-27(18)16-9-7-8-14(2)10-16)23(29)26-25-22(28)15-11-19(30-3)21(32-5)20(12-15)31-4/h7-13H,6H2,1-5H3,(H,25,28)(H,26,29). The fourth-order valence-electron chi connectivity index (χ4n) is 3.35. The van der Waals surface area contributed by atoms with Crippen LogP contribution in [-0.4, -0.2) is 42.9 Å². The molecule has 0 radical (unpaired) electrons. The van der Waals surface area contributed by atoms with Gasteiger partial charge in [-0.25, -0.2) is 4.68 Å². The molecular weight excluding hydrogens is 412 g/mol. The van der Waals surface area contributed by atoms with Gasteiger partial charge in [0, 0.05) is 5.56 Å². The van der Waals surface area contributed by atoms with Crippen LogP contribution in [0.4, 0.5) is 0 Å². The smallest absolute Gasteiger partial charge is 0.273 e. The van der Waals surface area contributed by atoms with E-state index in [0.717, 1.165) is 16.9 Å². The summed E-state index contributed by atoms with van der Waals surface area (Å²) in [5.74, 6) is 0.0158. The molecule has 0 spiro atoms. The second-order valence-electron chi connectivity index (χ2n) is 6.93. The van der Waals surface area contributed by atoms with Gasteiger partial charge >= 0.3 is 0 Å². The Labute approximate surface area is 186 Å². The molecule has 0 bridgehead atoms. The Morgan fingerprint density at radius 2 is 1.62 bits per heavy atom. The van der Waals surface area contributed by atoms with Crippen molar-refractivity contribution in [2.45, 2.75) is 20.3 Å². The van der Waals surface area contributed by atoms with Crippen LogP contribution >= 0.6 is 0 Å². The maximum atomic E-state index is 12.8. The monoisotopic (exact) mass is 438 g/mol. The van der Waals surface area contributed by atoms with Gasteiger partial charge in [-0.3, -0.25) is 20.4 Å². The summed E-state index contributed by atoms with van der Waals surface area (Å²) < 4.78 is 17.5. The molecule has 0 saturated heterocycles. The lowest BCUT2D eigenvalue weighted by Gasteiger charge is -2.14. The largest absolute Gasteiger partial charge is 0.493 e. The molecule has 1 heterocycles. The van der Waals surface area contributed by atoms with Crippen molar-refractivity contribution in [1.82, 2.24) is 20.6 Å². The average Bonchev–Trinajstić information content (AvgIpc) is 3.25. The third-order valence-electron chi connectivity index (χ3n) is 4.91. The van der Waals surface area contributed by atoms with Gasteiger partial charge < -0.3 is 14.2 Å². The summed E-state index contributed by atoms with van der Waals surface area (Å²) in [6.07, 6.45) is 2.07. The number of nitrogens with zero attached hydrogens (tertiary/aromatic N) is 2. The Morgan fingerprint density at radius 3 is 2.19 bits per heavy atom. The number of methoxy groups -OCH3 is 3. The van der Waals surface area contributed by atoms with Crippen molar-refractivity contribution in [3.63, 3.8) is 0 Å². The highest BCUT2D eigenvalue weighted by Gasteiger charge is 2.20. The molecule has 0 unspecified atom stereocenters. The predicted octanol–water partition coefficient (Wildman–Crippen LogP) is 2.84. The molecule has 0 fully saturated rings. The molecule has 2 amide bonds. The molecule has 9 nitrogen and oxygen atoms in total. The van der Waals surface area contributed by atoms with E-state index in [-0.39, 0.29) is 5.56 Å². The number of rotatable bonds is 7. The minimum absolute atomic E-state index is 0.228. The molecule has 3 rings (SSSR count). The lowest BCUT2D eigenvalue weighted by molar-refractivity contribution is 0.0845. The SMILES string of the molecule is CCc1c(C(=O)NNC(=O)c2cc(OC)c(OC)c(OC)c2)cnn1-c1cccc(C)c1. The summed E-state index contributed by atoms with van der Waals surface area (Å²) in [7, 11) is 4.39. The molecule has 9 heteroatoms. The number of hydrogen-bond donors (Lipinski definition) is 2. The molecule has 168 valence electrons. The van der Waals surface area contributed by atoms with Crippen LogP contribution in [0.5, 0.6) is 17.2 Å². The second-order valence-corrected chi connectivity index (χ2v) is 6.93. The van der Waals surface area contributed by atoms with Crippen LogP contribution in [0.1, 0.15) is 38.9 Å². The van der Waals surface area contributed by atoms with Gasteiger partial charge in [0.15, 0.2) is 11.5 Å². The number of aromatic nitrogens is 2. The number of aryl methyl sites for hydroxylation is 1. The fraction of sp³-hybridized carbons (Fsp3) is 0.261. The van der Waals surface area contributed by atoms with Crippen LogP contribution < -0.4 is 25.1 Å². The number of nitrogens with one attached hydrogen (secondary N) is 2. The van der Waals surface area contributed by atoms with Crippen molar-refractivity contribution in [3.8, 4) is 22.9 Å². The molecule has 2 N–H and O–H groups in total. The van der Waals surface area contributed by atoms with Crippen LogP contribution in [-0.2, 0) is 6.42 Å². The summed E-state index contributed by atoms with van der Waals surface area (Å²) in [5, 5.41) is 4.37. The maximum absolute atomic E-state index is 12.8. The van der Waals surface area contributed by atoms with E-state index in [1.54, 1.807) is 4.68 Å². The molecule has 0 atom stereocenters. The number of benzene rings is 2. The summed E-state index contributed by atoms with van der Waals surface area (Å²) >= 11 is 0. The van der Waals surface area contributed by atoms with E-state index in [0.29, 0.717) is 29.2 Å². The van der Waals surface area contributed by atoms with Gasteiger partial charge in [-0.15, -0.1) is 0 Å². The van der Waals surface area contributed by atoms with E-state index in [1.807, 2.05) is 38.1 Å². The number of hydrazine groups is 1. The molecule has 1 aromatic heterocycles. The highest BCUT2D eigenvalue weighted by molar-refractivity contribution is 6.00. The highest BCUT2D eigenvalue weighted by atomic mass is 16.5. The first-order valence-corrected chi connectivity index (χ1v) is 9.98. The summed E-state index contributed by atoms with van der Waals surface area (Å²) in [4.78, 5) is 25.4. The van der Waals surface area contributed by atoms with Gasteiger partial charge in [0.2, 0.25) is 5.75 Å². The third-order valence-corrected chi connectivity index (χ3v) is 4.91. The van der Waals surface area contributed by atoms with Crippen LogP contribution in [0, 0.1) is 6.92 Å². The number of carbonyl (C=O) groups excluding carboxylic acids is 2. The zero-order valence-corrected chi connectivity index (χ0v) is 18.7. The van der Waals surface area contributed by atoms with E-state index < -0.39 is 11.8 Å². The molecule has 0 saturated carbocycles. The predicted molar refractivity (Wildman–Crippen MR) is 119 cm³/mol. The highest BCUT2D eigenvalue weighted by Crippen LogP contribution is 2.38. The third kappa shape index (κ3) is 4.51. The van der Waals surface area contributed by atoms with E-state index in [9.17, 15) is 9.59 Å². The lowest BCUT2D eigenvalue weighted by atomic mass is 10.1. The summed E-state index contributed by atoms with van der Waals surface area (Å²) in [6, 6.07) is 10.8. The molecule has 0 aliphatic carbocycles. The van der Waals surface area contributed by atoms with Gasteiger partial charge in [-0.1, -0.05) is 19.1 Å². The van der Waals surface area contributed by atoms with Gasteiger partial charge in [-0.05, 0) is 43.2 Å². The summed E-state index contributed by atoms with van der Waals surface area (Å²) in [5.41, 5.74) is 8.15. The molecule has 0 aliphatic rings. The van der Waals surface area contributed by atoms with E-state index >= 15 is 0 Å². The van der Waals surface area contributed by atoms with Crippen molar-refractivity contribution < 1.29 is 23.8 Å². The summed E-state index contributed by atoms with van der Waals surface area (Å²) in [6.45, 7) is 3.93. The fourth-order valence-corrected chi connectivity index (χ4v) is 3.35. The Morgan fingerprint density at radius 1 is 0.969 bits per heavy atom. The normalized spacial score (nSPS) is 10.4. The van der Waals surface area contributed by atoms with Gasteiger partial charge in [-0.2, -0.15) is 5.10 Å². The van der Waals surface area contributed by atoms with Crippen molar-refractivity contribution in [2.75, 3.05) is 21.3 Å². The zero-order chi connectivity index (χ0) is 23.3. The van der Waals surface area contributed by atoms with E-state index in [4.69, 9.17) is 14.2 Å². The van der Waals surface area contributed by atoms with E-state index in [1.165, 1.54) is 39.7 Å². The Balaban J connectivity index is 1.78. The topological polar surface area (TPSA) is 104 Å². The first-order chi connectivity index (χ1) is 15.4. The first kappa shape index (κ1) is 22.7. The second kappa shape index (κ2) is 9.86. The first-order valence-electron chi connectivity index (χ1n) is 9.98. The van der Waals surface area contributed by atoms with Gasteiger partial charge in [0.25, 0.3) is 11.8 Å². The van der Waals surface area contributed by atoms with Crippen molar-refractivity contribution in [1.29, 1.82) is 0 Å². The zero-order valence-electron chi connectivity index (χ0n) is 18.7. The van der Waals surface area contributed by atoms with Gasteiger partial charge in [0.05, 0.1) is 44.5 Å². The van der Waals surface area contributed by atoms with Crippen LogP contribution in [0.15, 0.2) is 42.6 Å². The number of amides is 2.